The average Bonchev–Trinajstić information content (AvgIpc) is 2.58. The molecule has 0 radical (unpaired) electrons. The van der Waals surface area contributed by atoms with Gasteiger partial charge in [-0.3, -0.25) is 9.69 Å². The minimum Gasteiger partial charge on any atom is -0.465 e. The molecule has 144 valence electrons. The van der Waals surface area contributed by atoms with Crippen molar-refractivity contribution < 1.29 is 14.7 Å². The third kappa shape index (κ3) is 5.61. The minimum atomic E-state index is -0.978. The number of hydrogen-bond acceptors (Lipinski definition) is 3. The van der Waals surface area contributed by atoms with E-state index < -0.39 is 11.6 Å². The van der Waals surface area contributed by atoms with Crippen molar-refractivity contribution in [2.75, 3.05) is 6.54 Å². The summed E-state index contributed by atoms with van der Waals surface area (Å²) in [6, 6.07) is 5.20. The molecule has 1 aromatic carbocycles. The van der Waals surface area contributed by atoms with Gasteiger partial charge >= 0.3 is 6.09 Å². The van der Waals surface area contributed by atoms with Crippen LogP contribution < -0.4 is 10.6 Å². The Hall–Kier alpha value is -1.79. The van der Waals surface area contributed by atoms with Crippen LogP contribution in [0.3, 0.4) is 0 Å². The largest absolute Gasteiger partial charge is 0.465 e. The van der Waals surface area contributed by atoms with E-state index in [1.165, 1.54) is 4.90 Å². The zero-order valence-electron chi connectivity index (χ0n) is 15.6. The molecule has 1 saturated heterocycles. The molecule has 0 saturated carbocycles. The van der Waals surface area contributed by atoms with E-state index in [4.69, 9.17) is 11.6 Å². The monoisotopic (exact) mass is 381 g/mol. The maximum absolute atomic E-state index is 12.3. The standard InChI is InChI=1S/C19H28ClN3O3/c1-19(2,3)23(18(25)26)12-13-7-8-15(20)10-14(13)11-22-17(24)16-6-4-5-9-21-16/h7-8,10,16,21H,4-6,9,11-12H2,1-3H3,(H,22,24)(H,25,26). The number of nitrogens with one attached hydrogen (secondary N) is 2. The second kappa shape index (κ2) is 8.73. The van der Waals surface area contributed by atoms with E-state index in [2.05, 4.69) is 10.6 Å². The van der Waals surface area contributed by atoms with Gasteiger partial charge in [0.25, 0.3) is 0 Å². The van der Waals surface area contributed by atoms with Crippen molar-refractivity contribution in [1.29, 1.82) is 0 Å². The van der Waals surface area contributed by atoms with Crippen molar-refractivity contribution in [3.63, 3.8) is 0 Å². The maximum atomic E-state index is 12.3. The van der Waals surface area contributed by atoms with Gasteiger partial charge in [0.05, 0.1) is 6.04 Å². The summed E-state index contributed by atoms with van der Waals surface area (Å²) in [5.74, 6) is -0.0264. The van der Waals surface area contributed by atoms with Crippen LogP contribution in [0.25, 0.3) is 0 Å². The Kier molecular flexibility index (Phi) is 6.89. The number of rotatable bonds is 5. The van der Waals surface area contributed by atoms with Gasteiger partial charge in [-0.05, 0) is 63.4 Å². The Bertz CT molecular complexity index is 652. The lowest BCUT2D eigenvalue weighted by Crippen LogP contribution is -2.46. The van der Waals surface area contributed by atoms with Crippen LogP contribution in [0.1, 0.15) is 51.2 Å². The molecule has 7 heteroatoms. The summed E-state index contributed by atoms with van der Waals surface area (Å²) < 4.78 is 0. The number of carbonyl (C=O) groups excluding carboxylic acids is 1. The van der Waals surface area contributed by atoms with Crippen molar-refractivity contribution in [3.8, 4) is 0 Å². The van der Waals surface area contributed by atoms with Crippen molar-refractivity contribution in [3.05, 3.63) is 34.3 Å². The third-order valence-corrected chi connectivity index (χ3v) is 4.85. The normalized spacial score (nSPS) is 17.6. The quantitative estimate of drug-likeness (QED) is 0.730. The van der Waals surface area contributed by atoms with Gasteiger partial charge in [0.15, 0.2) is 0 Å². The molecular formula is C19H28ClN3O3. The Labute approximate surface area is 159 Å². The second-order valence-corrected chi connectivity index (χ2v) is 8.11. The molecule has 2 rings (SSSR count). The van der Waals surface area contributed by atoms with Gasteiger partial charge in [0, 0.05) is 23.7 Å². The lowest BCUT2D eigenvalue weighted by Gasteiger charge is -2.33. The van der Waals surface area contributed by atoms with Crippen LogP contribution in [0.15, 0.2) is 18.2 Å². The highest BCUT2D eigenvalue weighted by Gasteiger charge is 2.27. The predicted octanol–water partition coefficient (Wildman–Crippen LogP) is 3.38. The molecule has 6 nitrogen and oxygen atoms in total. The first kappa shape index (κ1) is 20.5. The molecule has 0 aliphatic carbocycles. The number of carboxylic acid groups (broad SMARTS) is 1. The number of hydrogen-bond donors (Lipinski definition) is 3. The molecule has 3 N–H and O–H groups in total. The van der Waals surface area contributed by atoms with Crippen LogP contribution >= 0.6 is 11.6 Å². The van der Waals surface area contributed by atoms with Gasteiger partial charge in [0.1, 0.15) is 0 Å². The summed E-state index contributed by atoms with van der Waals surface area (Å²) in [6.45, 7) is 6.99. The van der Waals surface area contributed by atoms with Gasteiger partial charge in [0.2, 0.25) is 5.91 Å². The molecule has 0 spiro atoms. The Balaban J connectivity index is 2.11. The van der Waals surface area contributed by atoms with Crippen molar-refractivity contribution in [2.45, 2.75) is 64.7 Å². The zero-order chi connectivity index (χ0) is 19.3. The summed E-state index contributed by atoms with van der Waals surface area (Å²) in [5.41, 5.74) is 1.14. The zero-order valence-corrected chi connectivity index (χ0v) is 16.4. The SMILES string of the molecule is CC(C)(C)N(Cc1ccc(Cl)cc1CNC(=O)C1CCCCN1)C(=O)O. The fourth-order valence-corrected chi connectivity index (χ4v) is 3.25. The smallest absolute Gasteiger partial charge is 0.408 e. The van der Waals surface area contributed by atoms with Crippen molar-refractivity contribution >= 4 is 23.6 Å². The number of piperidine rings is 1. The van der Waals surface area contributed by atoms with E-state index in [0.29, 0.717) is 11.6 Å². The predicted molar refractivity (Wildman–Crippen MR) is 102 cm³/mol. The molecule has 1 aromatic rings. The van der Waals surface area contributed by atoms with E-state index in [9.17, 15) is 14.7 Å². The third-order valence-electron chi connectivity index (χ3n) is 4.62. The summed E-state index contributed by atoms with van der Waals surface area (Å²) >= 11 is 6.11. The lowest BCUT2D eigenvalue weighted by molar-refractivity contribution is -0.123. The van der Waals surface area contributed by atoms with Crippen molar-refractivity contribution in [2.24, 2.45) is 0 Å². The highest BCUT2D eigenvalue weighted by atomic mass is 35.5. The molecule has 0 aromatic heterocycles. The topological polar surface area (TPSA) is 81.7 Å². The van der Waals surface area contributed by atoms with Crippen LogP contribution in [-0.4, -0.2) is 40.1 Å². The molecule has 1 aliphatic heterocycles. The van der Waals surface area contributed by atoms with Crippen LogP contribution in [0.4, 0.5) is 4.79 Å². The molecule has 0 bridgehead atoms. The van der Waals surface area contributed by atoms with Gasteiger partial charge in [-0.25, -0.2) is 4.79 Å². The second-order valence-electron chi connectivity index (χ2n) is 7.67. The van der Waals surface area contributed by atoms with E-state index in [0.717, 1.165) is 36.9 Å². The lowest BCUT2D eigenvalue weighted by atomic mass is 10.0. The number of halogens is 1. The summed E-state index contributed by atoms with van der Waals surface area (Å²) in [6.07, 6.45) is 2.01. The molecular weight excluding hydrogens is 354 g/mol. The van der Waals surface area contributed by atoms with Crippen LogP contribution in [0.5, 0.6) is 0 Å². The number of benzene rings is 1. The molecule has 1 heterocycles. The number of amides is 2. The average molecular weight is 382 g/mol. The van der Waals surface area contributed by atoms with Gasteiger partial charge in [-0.15, -0.1) is 0 Å². The molecule has 26 heavy (non-hydrogen) atoms. The fourth-order valence-electron chi connectivity index (χ4n) is 3.06. The molecule has 1 aliphatic rings. The van der Waals surface area contributed by atoms with E-state index in [-0.39, 0.29) is 18.5 Å². The van der Waals surface area contributed by atoms with Gasteiger partial charge < -0.3 is 15.7 Å². The van der Waals surface area contributed by atoms with Gasteiger partial charge in [-0.2, -0.15) is 0 Å². The van der Waals surface area contributed by atoms with Gasteiger partial charge in [-0.1, -0.05) is 24.1 Å². The van der Waals surface area contributed by atoms with Crippen LogP contribution in [0.2, 0.25) is 5.02 Å². The first-order valence-electron chi connectivity index (χ1n) is 8.97. The highest BCUT2D eigenvalue weighted by molar-refractivity contribution is 6.30. The van der Waals surface area contributed by atoms with Crippen molar-refractivity contribution in [1.82, 2.24) is 15.5 Å². The minimum absolute atomic E-state index is 0.0264. The summed E-state index contributed by atoms with van der Waals surface area (Å²) in [7, 11) is 0. The Morgan fingerprint density at radius 1 is 1.31 bits per heavy atom. The fraction of sp³-hybridized carbons (Fsp3) is 0.579. The summed E-state index contributed by atoms with van der Waals surface area (Å²) in [4.78, 5) is 25.3. The Morgan fingerprint density at radius 3 is 2.62 bits per heavy atom. The number of nitrogens with zero attached hydrogens (tertiary/aromatic N) is 1. The first-order chi connectivity index (χ1) is 12.2. The number of carbonyl (C=O) groups is 2. The first-order valence-corrected chi connectivity index (χ1v) is 9.35. The summed E-state index contributed by atoms with van der Waals surface area (Å²) in [5, 5.41) is 16.3. The Morgan fingerprint density at radius 2 is 2.04 bits per heavy atom. The van der Waals surface area contributed by atoms with E-state index in [1.54, 1.807) is 12.1 Å². The highest BCUT2D eigenvalue weighted by Crippen LogP contribution is 2.22. The molecule has 1 atom stereocenters. The van der Waals surface area contributed by atoms with Crippen LogP contribution in [-0.2, 0) is 17.9 Å². The molecule has 1 fully saturated rings. The van der Waals surface area contributed by atoms with E-state index in [1.807, 2.05) is 26.8 Å². The molecule has 2 amide bonds. The van der Waals surface area contributed by atoms with Crippen LogP contribution in [0, 0.1) is 0 Å². The van der Waals surface area contributed by atoms with E-state index >= 15 is 0 Å². The molecule has 1 unspecified atom stereocenters. The maximum Gasteiger partial charge on any atom is 0.408 e.